The van der Waals surface area contributed by atoms with Gasteiger partial charge in [0.15, 0.2) is 0 Å². The molecule has 2 heterocycles. The highest BCUT2D eigenvalue weighted by Crippen LogP contribution is 2.32. The Morgan fingerprint density at radius 1 is 1.06 bits per heavy atom. The molecule has 35 heavy (non-hydrogen) atoms. The zero-order chi connectivity index (χ0) is 25.0. The summed E-state index contributed by atoms with van der Waals surface area (Å²) in [5.41, 5.74) is 2.85. The predicted octanol–water partition coefficient (Wildman–Crippen LogP) is 5.60. The smallest absolute Gasteiger partial charge is 0.410 e. The van der Waals surface area contributed by atoms with E-state index in [0.717, 1.165) is 18.4 Å². The predicted molar refractivity (Wildman–Crippen MR) is 134 cm³/mol. The van der Waals surface area contributed by atoms with Gasteiger partial charge in [0.1, 0.15) is 5.60 Å². The maximum absolute atomic E-state index is 13.0. The van der Waals surface area contributed by atoms with Crippen molar-refractivity contribution in [1.29, 1.82) is 0 Å². The van der Waals surface area contributed by atoms with E-state index in [0.29, 0.717) is 40.9 Å². The first-order valence-electron chi connectivity index (χ1n) is 11.9. The molecule has 0 N–H and O–H groups in total. The first-order valence-corrected chi connectivity index (χ1v) is 11.9. The van der Waals surface area contributed by atoms with Crippen LogP contribution in [0.2, 0.25) is 0 Å². The standard InChI is InChI=1S/C28H32N2O5/c1-28(2,3)35-27(32)30-16-10-13-20(30)17-34-18-22-24(26(31)33-4)21-14-8-9-15-23(21)29-25(22)19-11-6-5-7-12-19/h5-9,11-12,14-15,20H,10,13,16-18H2,1-4H3. The van der Waals surface area contributed by atoms with Crippen molar-refractivity contribution in [2.75, 3.05) is 20.3 Å². The van der Waals surface area contributed by atoms with Crippen molar-refractivity contribution in [2.45, 2.75) is 51.9 Å². The highest BCUT2D eigenvalue weighted by atomic mass is 16.6. The fourth-order valence-corrected chi connectivity index (χ4v) is 4.43. The van der Waals surface area contributed by atoms with E-state index < -0.39 is 11.6 Å². The number of ether oxygens (including phenoxy) is 3. The summed E-state index contributed by atoms with van der Waals surface area (Å²) >= 11 is 0. The largest absolute Gasteiger partial charge is 0.465 e. The quantitative estimate of drug-likeness (QED) is 0.431. The van der Waals surface area contributed by atoms with Crippen molar-refractivity contribution in [1.82, 2.24) is 9.88 Å². The van der Waals surface area contributed by atoms with Crippen LogP contribution in [0.15, 0.2) is 54.6 Å². The SMILES string of the molecule is COC(=O)c1c(COCC2CCCN2C(=O)OC(C)(C)C)c(-c2ccccc2)nc2ccccc12. The third kappa shape index (κ3) is 5.62. The second-order valence-electron chi connectivity index (χ2n) is 9.67. The van der Waals surface area contributed by atoms with Crippen molar-refractivity contribution < 1.29 is 23.8 Å². The Morgan fingerprint density at radius 2 is 1.77 bits per heavy atom. The van der Waals surface area contributed by atoms with Gasteiger partial charge >= 0.3 is 12.1 Å². The van der Waals surface area contributed by atoms with E-state index in [1.54, 1.807) is 4.90 Å². The van der Waals surface area contributed by atoms with Gasteiger partial charge in [-0.3, -0.25) is 0 Å². The number of carbonyl (C=O) groups is 2. The number of methoxy groups -OCH3 is 1. The fraction of sp³-hybridized carbons (Fsp3) is 0.393. The number of hydrogen-bond donors (Lipinski definition) is 0. The van der Waals surface area contributed by atoms with Crippen LogP contribution in [0.4, 0.5) is 4.79 Å². The topological polar surface area (TPSA) is 78.0 Å². The number of rotatable bonds is 6. The molecule has 1 saturated heterocycles. The van der Waals surface area contributed by atoms with Crippen molar-refractivity contribution in [3.63, 3.8) is 0 Å². The summed E-state index contributed by atoms with van der Waals surface area (Å²) in [5, 5.41) is 0.717. The Labute approximate surface area is 206 Å². The summed E-state index contributed by atoms with van der Waals surface area (Å²) in [4.78, 5) is 32.2. The summed E-state index contributed by atoms with van der Waals surface area (Å²) in [6.07, 6.45) is 1.41. The van der Waals surface area contributed by atoms with E-state index in [1.807, 2.05) is 75.4 Å². The highest BCUT2D eigenvalue weighted by molar-refractivity contribution is 6.06. The zero-order valence-corrected chi connectivity index (χ0v) is 20.7. The molecule has 1 aromatic heterocycles. The average Bonchev–Trinajstić information content (AvgIpc) is 3.31. The first-order chi connectivity index (χ1) is 16.8. The monoisotopic (exact) mass is 476 g/mol. The number of carbonyl (C=O) groups excluding carboxylic acids is 2. The van der Waals surface area contributed by atoms with Crippen LogP contribution in [-0.2, 0) is 20.8 Å². The van der Waals surface area contributed by atoms with Gasteiger partial charge in [-0.2, -0.15) is 0 Å². The third-order valence-corrected chi connectivity index (χ3v) is 5.99. The number of benzene rings is 2. The molecule has 1 atom stereocenters. The lowest BCUT2D eigenvalue weighted by atomic mass is 9.97. The molecule has 0 radical (unpaired) electrons. The Balaban J connectivity index is 1.64. The minimum Gasteiger partial charge on any atom is -0.465 e. The lowest BCUT2D eigenvalue weighted by Crippen LogP contribution is -2.41. The normalized spacial score (nSPS) is 15.9. The van der Waals surface area contributed by atoms with Crippen LogP contribution < -0.4 is 0 Å². The van der Waals surface area contributed by atoms with Crippen LogP contribution >= 0.6 is 0 Å². The molecule has 1 amide bonds. The number of hydrogen-bond acceptors (Lipinski definition) is 6. The van der Waals surface area contributed by atoms with Crippen LogP contribution in [0.1, 0.15) is 49.5 Å². The van der Waals surface area contributed by atoms with Crippen molar-refractivity contribution in [2.24, 2.45) is 0 Å². The number of nitrogens with zero attached hydrogens (tertiary/aromatic N) is 2. The summed E-state index contributed by atoms with van der Waals surface area (Å²) in [6, 6.07) is 17.2. The minimum absolute atomic E-state index is 0.0833. The van der Waals surface area contributed by atoms with E-state index in [-0.39, 0.29) is 18.7 Å². The van der Waals surface area contributed by atoms with Gasteiger partial charge in [0.2, 0.25) is 0 Å². The Kier molecular flexibility index (Phi) is 7.36. The molecule has 2 aromatic carbocycles. The number of amides is 1. The molecular formula is C28H32N2O5. The average molecular weight is 477 g/mol. The van der Waals surface area contributed by atoms with Crippen LogP contribution in [0, 0.1) is 0 Å². The van der Waals surface area contributed by atoms with E-state index in [1.165, 1.54) is 7.11 Å². The van der Waals surface area contributed by atoms with Crippen LogP contribution in [0.25, 0.3) is 22.2 Å². The summed E-state index contributed by atoms with van der Waals surface area (Å²) in [7, 11) is 1.38. The minimum atomic E-state index is -0.554. The number of aromatic nitrogens is 1. The van der Waals surface area contributed by atoms with Crippen LogP contribution in [0.5, 0.6) is 0 Å². The molecule has 0 spiro atoms. The molecular weight excluding hydrogens is 444 g/mol. The van der Waals surface area contributed by atoms with E-state index in [2.05, 4.69) is 0 Å². The molecule has 4 rings (SSSR count). The fourth-order valence-electron chi connectivity index (χ4n) is 4.43. The van der Waals surface area contributed by atoms with Gasteiger partial charge in [-0.1, -0.05) is 48.5 Å². The molecule has 7 heteroatoms. The van der Waals surface area contributed by atoms with Gasteiger partial charge in [0, 0.05) is 23.1 Å². The summed E-state index contributed by atoms with van der Waals surface area (Å²) < 4.78 is 16.9. The van der Waals surface area contributed by atoms with E-state index in [4.69, 9.17) is 19.2 Å². The number of esters is 1. The highest BCUT2D eigenvalue weighted by Gasteiger charge is 2.32. The van der Waals surface area contributed by atoms with Crippen molar-refractivity contribution in [3.05, 3.63) is 65.7 Å². The van der Waals surface area contributed by atoms with Gasteiger partial charge in [-0.05, 0) is 39.7 Å². The Morgan fingerprint density at radius 3 is 2.49 bits per heavy atom. The lowest BCUT2D eigenvalue weighted by molar-refractivity contribution is 0.00880. The van der Waals surface area contributed by atoms with Gasteiger partial charge in [0.25, 0.3) is 0 Å². The number of pyridine rings is 1. The maximum atomic E-state index is 13.0. The van der Waals surface area contributed by atoms with Gasteiger partial charge < -0.3 is 19.1 Å². The maximum Gasteiger partial charge on any atom is 0.410 e. The van der Waals surface area contributed by atoms with E-state index in [9.17, 15) is 9.59 Å². The third-order valence-electron chi connectivity index (χ3n) is 5.99. The summed E-state index contributed by atoms with van der Waals surface area (Å²) in [5.74, 6) is -0.435. The molecule has 1 unspecified atom stereocenters. The second-order valence-corrected chi connectivity index (χ2v) is 9.67. The second kappa shape index (κ2) is 10.4. The van der Waals surface area contributed by atoms with E-state index >= 15 is 0 Å². The van der Waals surface area contributed by atoms with Gasteiger partial charge in [0.05, 0.1) is 43.1 Å². The molecule has 184 valence electrons. The van der Waals surface area contributed by atoms with Crippen molar-refractivity contribution >= 4 is 23.0 Å². The molecule has 7 nitrogen and oxygen atoms in total. The van der Waals surface area contributed by atoms with Crippen molar-refractivity contribution in [3.8, 4) is 11.3 Å². The number of likely N-dealkylation sites (tertiary alicyclic amines) is 1. The Bertz CT molecular complexity index is 1200. The molecule has 1 aliphatic heterocycles. The van der Waals surface area contributed by atoms with Gasteiger partial charge in [-0.15, -0.1) is 0 Å². The molecule has 0 bridgehead atoms. The molecule has 1 aliphatic rings. The van der Waals surface area contributed by atoms with Gasteiger partial charge in [-0.25, -0.2) is 14.6 Å². The molecule has 0 aliphatic carbocycles. The molecule has 0 saturated carbocycles. The van der Waals surface area contributed by atoms with Crippen LogP contribution in [0.3, 0.4) is 0 Å². The van der Waals surface area contributed by atoms with Crippen LogP contribution in [-0.4, -0.2) is 53.9 Å². The number of para-hydroxylation sites is 1. The molecule has 1 fully saturated rings. The zero-order valence-electron chi connectivity index (χ0n) is 20.7. The lowest BCUT2D eigenvalue weighted by Gasteiger charge is -2.28. The number of fused-ring (bicyclic) bond motifs is 1. The summed E-state index contributed by atoms with van der Waals surface area (Å²) in [6.45, 7) is 6.71. The molecule has 3 aromatic rings. The first kappa shape index (κ1) is 24.7. The Hall–Kier alpha value is -3.45.